The van der Waals surface area contributed by atoms with Gasteiger partial charge in [0.15, 0.2) is 0 Å². The van der Waals surface area contributed by atoms with Crippen LogP contribution in [0.25, 0.3) is 0 Å². The summed E-state index contributed by atoms with van der Waals surface area (Å²) in [5, 5.41) is 10.7. The van der Waals surface area contributed by atoms with Crippen molar-refractivity contribution in [3.63, 3.8) is 0 Å². The lowest BCUT2D eigenvalue weighted by Gasteiger charge is -1.99. The number of aliphatic carboxylic acids is 1. The van der Waals surface area contributed by atoms with Gasteiger partial charge in [0.2, 0.25) is 0 Å². The van der Waals surface area contributed by atoms with E-state index in [9.17, 15) is 4.79 Å². The lowest BCUT2D eigenvalue weighted by atomic mass is 10.9. The third kappa shape index (κ3) is 0.980. The number of hydrogen-bond donors (Lipinski definition) is 2. The van der Waals surface area contributed by atoms with E-state index in [1.54, 1.807) is 0 Å². The molecule has 0 bridgehead atoms. The van der Waals surface area contributed by atoms with E-state index in [1.165, 1.54) is 0 Å². The molecule has 0 aromatic rings. The zero-order chi connectivity index (χ0) is 9.52. The third-order valence-electron chi connectivity index (χ3n) is 0.875. The molecular formula is C5H9NO2. The molecule has 3 heteroatoms. The van der Waals surface area contributed by atoms with Crippen molar-refractivity contribution in [1.82, 2.24) is 5.32 Å². The van der Waals surface area contributed by atoms with Crippen molar-refractivity contribution in [2.24, 2.45) is 0 Å². The third-order valence-corrected chi connectivity index (χ3v) is 0.875. The maximum absolute atomic E-state index is 10.4. The van der Waals surface area contributed by atoms with Crippen LogP contribution in [0, 0.1) is 0 Å². The van der Waals surface area contributed by atoms with Crippen LogP contribution in [-0.4, -0.2) is 23.6 Å². The highest BCUT2D eigenvalue weighted by molar-refractivity contribution is 5.73. The van der Waals surface area contributed by atoms with Crippen molar-refractivity contribution in [2.75, 3.05) is 6.52 Å². The van der Waals surface area contributed by atoms with E-state index in [1.807, 2.05) is 0 Å². The number of rotatable bonds is 1. The van der Waals surface area contributed by atoms with Gasteiger partial charge in [-0.3, -0.25) is 4.79 Å². The predicted octanol–water partition coefficient (Wildman–Crippen LogP) is -0.177. The smallest absolute Gasteiger partial charge is 0.320 e. The molecule has 0 spiro atoms. The van der Waals surface area contributed by atoms with E-state index in [4.69, 9.17) is 10.6 Å². The van der Waals surface area contributed by atoms with Gasteiger partial charge in [-0.2, -0.15) is 0 Å². The molecule has 0 aromatic carbocycles. The van der Waals surface area contributed by atoms with Gasteiger partial charge < -0.3 is 10.4 Å². The Morgan fingerprint density at radius 2 is 2.75 bits per heavy atom. The van der Waals surface area contributed by atoms with Crippen molar-refractivity contribution < 1.29 is 15.4 Å². The second-order valence-corrected chi connectivity index (χ2v) is 1.46. The van der Waals surface area contributed by atoms with Crippen LogP contribution in [0.3, 0.4) is 0 Å². The Hall–Kier alpha value is -0.570. The quantitative estimate of drug-likeness (QED) is 0.376. The predicted molar refractivity (Wildman–Crippen MR) is 28.7 cm³/mol. The molecule has 1 aliphatic rings. The molecule has 1 fully saturated rings. The average Bonchev–Trinajstić information content (AvgIpc) is 2.13. The molecule has 1 aliphatic heterocycles. The van der Waals surface area contributed by atoms with Crippen molar-refractivity contribution in [3.8, 4) is 0 Å². The van der Waals surface area contributed by atoms with Gasteiger partial charge in [0.1, 0.15) is 6.04 Å². The average molecular weight is 124 g/mol. The van der Waals surface area contributed by atoms with Crippen molar-refractivity contribution in [2.45, 2.75) is 18.8 Å². The summed E-state index contributed by atoms with van der Waals surface area (Å²) >= 11 is 0. The fourth-order valence-corrected chi connectivity index (χ4v) is 0.473. The molecule has 1 heterocycles. The van der Waals surface area contributed by atoms with Crippen LogP contribution in [0.4, 0.5) is 0 Å². The first kappa shape index (κ1) is 2.35. The zero-order valence-electron chi connectivity index (χ0n) is 8.09. The van der Waals surface area contributed by atoms with Crippen molar-refractivity contribution in [1.29, 1.82) is 0 Å². The highest BCUT2D eigenvalue weighted by Gasteiger charge is 2.20. The molecule has 8 heavy (non-hydrogen) atoms. The molecule has 3 nitrogen and oxygen atoms in total. The summed E-state index contributed by atoms with van der Waals surface area (Å²) in [4.78, 5) is 10.4. The Morgan fingerprint density at radius 3 is 3.00 bits per heavy atom. The summed E-state index contributed by atoms with van der Waals surface area (Å²) in [7, 11) is 0. The van der Waals surface area contributed by atoms with E-state index in [2.05, 4.69) is 5.32 Å². The molecule has 1 saturated heterocycles. The molecule has 46 valence electrons. The maximum atomic E-state index is 10.4. The Kier molecular flexibility index (Phi) is 0.627. The summed E-state index contributed by atoms with van der Waals surface area (Å²) < 4.78 is 28.7. The van der Waals surface area contributed by atoms with Crippen molar-refractivity contribution in [3.05, 3.63) is 0 Å². The second-order valence-electron chi connectivity index (χ2n) is 1.46. The second kappa shape index (κ2) is 2.13. The Balaban J connectivity index is 2.83. The summed E-state index contributed by atoms with van der Waals surface area (Å²) in [5.41, 5.74) is 0. The molecule has 0 radical (unpaired) electrons. The standard InChI is InChI=1S/C5H9NO2/c7-5(8)4-2-1-3-6-4/h4,6H,1-3H2,(H,7,8)/t4-/m0/s1/i1D2,2+1D,3+1D,4+1,5+1,6+1/t2-,3+,4-. The van der Waals surface area contributed by atoms with Gasteiger partial charge in [-0.25, -0.2) is 0 Å². The summed E-state index contributed by atoms with van der Waals surface area (Å²) in [5.74, 6) is -1.28. The fraction of sp³-hybridized carbons (Fsp3) is 0.800. The van der Waals surface area contributed by atoms with E-state index in [-0.39, 0.29) is 0 Å². The molecule has 0 unspecified atom stereocenters. The van der Waals surface area contributed by atoms with Gasteiger partial charge in [0.05, 0.1) is 0 Å². The number of hydrogen-bond acceptors (Lipinski definition) is 2. The molecular weight excluding hydrogens is 111 g/mol. The minimum Gasteiger partial charge on any atom is -0.480 e. The highest BCUT2D eigenvalue weighted by Crippen LogP contribution is 2.03. The van der Waals surface area contributed by atoms with Crippen molar-refractivity contribution >= 4 is 5.97 Å². The van der Waals surface area contributed by atoms with Crippen LogP contribution in [0.2, 0.25) is 0 Å². The summed E-state index contributed by atoms with van der Waals surface area (Å²) in [6, 6.07) is -1.28. The summed E-state index contributed by atoms with van der Waals surface area (Å²) in [6.45, 7) is -1.33. The van der Waals surface area contributed by atoms with Gasteiger partial charge in [-0.1, -0.05) is 0 Å². The molecule has 0 aliphatic carbocycles. The maximum Gasteiger partial charge on any atom is 0.320 e. The number of carboxylic acids is 1. The number of nitrogens with one attached hydrogen (secondary N) is 1. The first-order valence-corrected chi connectivity index (χ1v) is 2.20. The number of carboxylic acid groups (broad SMARTS) is 1. The van der Waals surface area contributed by atoms with Crippen LogP contribution in [0.5, 0.6) is 0 Å². The van der Waals surface area contributed by atoms with Gasteiger partial charge in [-0.15, -0.1) is 0 Å². The lowest BCUT2D eigenvalue weighted by molar-refractivity contribution is -0.139. The first-order valence-electron chi connectivity index (χ1n) is 4.36. The normalized spacial score (nSPS) is 60.2. The largest absolute Gasteiger partial charge is 0.480 e. The Morgan fingerprint density at radius 1 is 2.00 bits per heavy atom. The van der Waals surface area contributed by atoms with E-state index in [0.717, 1.165) is 0 Å². The summed E-state index contributed by atoms with van der Waals surface area (Å²) in [6.07, 6.45) is -3.51. The monoisotopic (exact) mass is 124 g/mol. The zero-order valence-corrected chi connectivity index (χ0v) is 4.09. The fourth-order valence-electron chi connectivity index (χ4n) is 0.473. The molecule has 1 rings (SSSR count). The minimum atomic E-state index is -2.09. The molecule has 0 saturated carbocycles. The van der Waals surface area contributed by atoms with Crippen LogP contribution in [0.15, 0.2) is 0 Å². The molecule has 0 amide bonds. The van der Waals surface area contributed by atoms with Gasteiger partial charge in [0, 0.05) is 5.48 Å². The van der Waals surface area contributed by atoms with Crippen LogP contribution in [0.1, 0.15) is 18.3 Å². The van der Waals surface area contributed by atoms with Crippen LogP contribution in [-0.2, 0) is 4.79 Å². The van der Waals surface area contributed by atoms with E-state index in [0.29, 0.717) is 0 Å². The molecule has 3 atom stereocenters. The van der Waals surface area contributed by atoms with E-state index < -0.39 is 31.3 Å². The van der Waals surface area contributed by atoms with Gasteiger partial charge >= 0.3 is 5.97 Å². The van der Waals surface area contributed by atoms with Gasteiger partial charge in [0.25, 0.3) is 0 Å². The lowest BCUT2D eigenvalue weighted by Crippen LogP contribution is -2.29. The minimum absolute atomic E-state index is 1.28. The Bertz CT molecular complexity index is 210. The SMILES string of the molecule is [2H][13C@@H]1[13C@@H]([13C](=O)O)[15NH][13C@H]([2H])C1([2H])[2H]. The highest BCUT2D eigenvalue weighted by atomic mass is 16.5. The first-order chi connectivity index (χ1) is 5.37. The topological polar surface area (TPSA) is 49.3 Å². The van der Waals surface area contributed by atoms with Gasteiger partial charge in [-0.05, 0) is 19.3 Å². The molecule has 0 aromatic heterocycles. The van der Waals surface area contributed by atoms with Crippen LogP contribution >= 0.6 is 0 Å². The Labute approximate surface area is 53.3 Å². The van der Waals surface area contributed by atoms with E-state index >= 15 is 0 Å². The van der Waals surface area contributed by atoms with Crippen LogP contribution < -0.4 is 5.32 Å². The molecule has 2 N–H and O–H groups in total. The number of carbonyl (C=O) groups is 1.